The first-order valence-corrected chi connectivity index (χ1v) is 14.1. The SMILES string of the molecule is CN1CCc2[nH]c(-c3ccnc(NC(=O)Cc4ccc(C(=O)N5CCNCC5)cc4)c3)c(Nc3ccccc3)c2C1=O. The summed E-state index contributed by atoms with van der Waals surface area (Å²) in [7, 11) is 1.81. The molecule has 4 heterocycles. The minimum absolute atomic E-state index is 0.00832. The van der Waals surface area contributed by atoms with E-state index in [0.29, 0.717) is 42.3 Å². The Labute approximate surface area is 244 Å². The lowest BCUT2D eigenvalue weighted by atomic mass is 10.0. The summed E-state index contributed by atoms with van der Waals surface area (Å²) in [5.41, 5.74) is 6.05. The molecule has 0 bridgehead atoms. The summed E-state index contributed by atoms with van der Waals surface area (Å²) in [5, 5.41) is 9.58. The van der Waals surface area contributed by atoms with E-state index < -0.39 is 0 Å². The maximum atomic E-state index is 13.2. The molecular formula is C32H33N7O3. The molecule has 2 aliphatic rings. The van der Waals surface area contributed by atoms with Crippen LogP contribution in [0.1, 0.15) is 32.0 Å². The van der Waals surface area contributed by atoms with Crippen LogP contribution in [0.25, 0.3) is 11.3 Å². The summed E-state index contributed by atoms with van der Waals surface area (Å²) in [4.78, 5) is 50.2. The minimum atomic E-state index is -0.217. The van der Waals surface area contributed by atoms with E-state index in [9.17, 15) is 14.4 Å². The average Bonchev–Trinajstić information content (AvgIpc) is 3.39. The molecule has 0 radical (unpaired) electrons. The van der Waals surface area contributed by atoms with Crippen molar-refractivity contribution < 1.29 is 14.4 Å². The summed E-state index contributed by atoms with van der Waals surface area (Å²) >= 11 is 0. The van der Waals surface area contributed by atoms with Crippen molar-refractivity contribution in [1.29, 1.82) is 0 Å². The number of para-hydroxylation sites is 1. The van der Waals surface area contributed by atoms with Gasteiger partial charge in [0.05, 0.1) is 23.4 Å². The molecule has 0 spiro atoms. The van der Waals surface area contributed by atoms with Crippen molar-refractivity contribution in [2.75, 3.05) is 50.4 Å². The Bertz CT molecular complexity index is 1610. The first-order valence-electron chi connectivity index (χ1n) is 14.1. The van der Waals surface area contributed by atoms with Crippen molar-refractivity contribution in [2.45, 2.75) is 12.8 Å². The molecule has 10 heteroatoms. The molecule has 1 saturated heterocycles. The zero-order valence-corrected chi connectivity index (χ0v) is 23.4. The molecule has 2 aromatic carbocycles. The van der Waals surface area contributed by atoms with Crippen molar-refractivity contribution >= 4 is 34.9 Å². The summed E-state index contributed by atoms with van der Waals surface area (Å²) in [6.07, 6.45) is 2.50. The highest BCUT2D eigenvalue weighted by Crippen LogP contribution is 2.38. The zero-order valence-electron chi connectivity index (χ0n) is 23.4. The molecule has 0 atom stereocenters. The van der Waals surface area contributed by atoms with Crippen LogP contribution in [0.5, 0.6) is 0 Å². The highest BCUT2D eigenvalue weighted by atomic mass is 16.2. The summed E-state index contributed by atoms with van der Waals surface area (Å²) in [6, 6.07) is 20.6. The Morgan fingerprint density at radius 1 is 0.976 bits per heavy atom. The number of fused-ring (bicyclic) bond motifs is 1. The number of hydrogen-bond acceptors (Lipinski definition) is 6. The number of H-pyrrole nitrogens is 1. The monoisotopic (exact) mass is 563 g/mol. The topological polar surface area (TPSA) is 122 Å². The van der Waals surface area contributed by atoms with Gasteiger partial charge >= 0.3 is 0 Å². The molecular weight excluding hydrogens is 530 g/mol. The number of rotatable bonds is 7. The molecule has 4 aromatic rings. The van der Waals surface area contributed by atoms with Crippen LogP contribution in [0.2, 0.25) is 0 Å². The molecule has 0 aliphatic carbocycles. The fourth-order valence-corrected chi connectivity index (χ4v) is 5.40. The number of anilines is 3. The number of hydrogen-bond donors (Lipinski definition) is 4. The van der Waals surface area contributed by atoms with Crippen LogP contribution in [-0.2, 0) is 17.6 Å². The third kappa shape index (κ3) is 5.75. The molecule has 2 aromatic heterocycles. The van der Waals surface area contributed by atoms with Gasteiger partial charge in [-0.05, 0) is 42.0 Å². The van der Waals surface area contributed by atoms with Crippen molar-refractivity contribution in [3.63, 3.8) is 0 Å². The van der Waals surface area contributed by atoms with Gasteiger partial charge in [0.25, 0.3) is 11.8 Å². The van der Waals surface area contributed by atoms with Gasteiger partial charge in [-0.15, -0.1) is 0 Å². The Balaban J connectivity index is 1.19. The van der Waals surface area contributed by atoms with Gasteiger partial charge < -0.3 is 30.7 Å². The molecule has 42 heavy (non-hydrogen) atoms. The number of likely N-dealkylation sites (N-methyl/N-ethyl adjacent to an activating group) is 1. The lowest BCUT2D eigenvalue weighted by molar-refractivity contribution is -0.115. The second-order valence-electron chi connectivity index (χ2n) is 10.6. The zero-order chi connectivity index (χ0) is 29.1. The predicted octanol–water partition coefficient (Wildman–Crippen LogP) is 3.68. The molecule has 2 aliphatic heterocycles. The molecule has 214 valence electrons. The number of nitrogens with zero attached hydrogens (tertiary/aromatic N) is 3. The standard InChI is InChI=1S/C32H33N7O3/c1-38-16-12-25-28(32(38)42)30(35-24-5-3-2-4-6-24)29(36-25)23-11-13-34-26(20-23)37-27(40)19-21-7-9-22(10-8-21)31(41)39-17-14-33-15-18-39/h2-11,13,20,33,35-36H,12,14-19H2,1H3,(H,34,37,40). The Kier molecular flexibility index (Phi) is 7.70. The van der Waals surface area contributed by atoms with Crippen molar-refractivity contribution in [2.24, 2.45) is 0 Å². The molecule has 3 amide bonds. The third-order valence-corrected chi connectivity index (χ3v) is 7.66. The van der Waals surface area contributed by atoms with Crippen LogP contribution in [0.4, 0.5) is 17.2 Å². The number of benzene rings is 2. The quantitative estimate of drug-likeness (QED) is 0.272. The highest BCUT2D eigenvalue weighted by molar-refractivity contribution is 6.06. The highest BCUT2D eigenvalue weighted by Gasteiger charge is 2.30. The van der Waals surface area contributed by atoms with Crippen LogP contribution < -0.4 is 16.0 Å². The Hall–Kier alpha value is -4.96. The number of carbonyl (C=O) groups excluding carboxylic acids is 3. The molecule has 0 unspecified atom stereocenters. The van der Waals surface area contributed by atoms with E-state index in [4.69, 9.17) is 0 Å². The predicted molar refractivity (Wildman–Crippen MR) is 162 cm³/mol. The lowest BCUT2D eigenvalue weighted by Crippen LogP contribution is -2.46. The van der Waals surface area contributed by atoms with E-state index in [1.54, 1.807) is 29.3 Å². The minimum Gasteiger partial charge on any atom is -0.356 e. The largest absolute Gasteiger partial charge is 0.356 e. The van der Waals surface area contributed by atoms with E-state index in [1.807, 2.05) is 60.5 Å². The number of nitrogens with one attached hydrogen (secondary N) is 4. The summed E-state index contributed by atoms with van der Waals surface area (Å²) in [5.74, 6) is 0.158. The summed E-state index contributed by atoms with van der Waals surface area (Å²) in [6.45, 7) is 3.62. The van der Waals surface area contributed by atoms with Crippen LogP contribution in [-0.4, -0.2) is 77.3 Å². The number of carbonyl (C=O) groups is 3. The van der Waals surface area contributed by atoms with Crippen LogP contribution in [0, 0.1) is 0 Å². The van der Waals surface area contributed by atoms with E-state index in [0.717, 1.165) is 47.7 Å². The van der Waals surface area contributed by atoms with Crippen LogP contribution in [0.15, 0.2) is 72.9 Å². The van der Waals surface area contributed by atoms with Gasteiger partial charge in [-0.2, -0.15) is 0 Å². The lowest BCUT2D eigenvalue weighted by Gasteiger charge is -2.27. The fourth-order valence-electron chi connectivity index (χ4n) is 5.40. The molecule has 1 fully saturated rings. The van der Waals surface area contributed by atoms with Gasteiger partial charge in [-0.1, -0.05) is 30.3 Å². The normalized spacial score (nSPS) is 14.8. The van der Waals surface area contributed by atoms with Gasteiger partial charge in [-0.25, -0.2) is 4.98 Å². The number of piperazine rings is 1. The third-order valence-electron chi connectivity index (χ3n) is 7.66. The molecule has 10 nitrogen and oxygen atoms in total. The summed E-state index contributed by atoms with van der Waals surface area (Å²) < 4.78 is 0. The van der Waals surface area contributed by atoms with Crippen LogP contribution in [0.3, 0.4) is 0 Å². The molecule has 4 N–H and O–H groups in total. The van der Waals surface area contributed by atoms with Crippen molar-refractivity contribution in [3.8, 4) is 11.3 Å². The molecule has 6 rings (SSSR count). The number of amides is 3. The number of aromatic nitrogens is 2. The van der Waals surface area contributed by atoms with Gasteiger partial charge in [0.1, 0.15) is 5.82 Å². The maximum Gasteiger partial charge on any atom is 0.257 e. The smallest absolute Gasteiger partial charge is 0.257 e. The number of pyridine rings is 1. The van der Waals surface area contributed by atoms with Crippen molar-refractivity contribution in [3.05, 3.63) is 95.3 Å². The van der Waals surface area contributed by atoms with E-state index in [-0.39, 0.29) is 24.1 Å². The first-order chi connectivity index (χ1) is 20.5. The van der Waals surface area contributed by atoms with Gasteiger partial charge in [0.15, 0.2) is 0 Å². The average molecular weight is 564 g/mol. The van der Waals surface area contributed by atoms with E-state index >= 15 is 0 Å². The van der Waals surface area contributed by atoms with Crippen LogP contribution >= 0.6 is 0 Å². The Morgan fingerprint density at radius 2 is 1.74 bits per heavy atom. The van der Waals surface area contributed by atoms with Gasteiger partial charge in [-0.3, -0.25) is 14.4 Å². The van der Waals surface area contributed by atoms with E-state index in [2.05, 4.69) is 25.9 Å². The fraction of sp³-hybridized carbons (Fsp3) is 0.250. The molecule has 0 saturated carbocycles. The second kappa shape index (κ2) is 11.9. The van der Waals surface area contributed by atoms with Gasteiger partial charge in [0, 0.05) is 74.9 Å². The Morgan fingerprint density at radius 3 is 2.50 bits per heavy atom. The van der Waals surface area contributed by atoms with Gasteiger partial charge in [0.2, 0.25) is 5.91 Å². The maximum absolute atomic E-state index is 13.2. The number of aromatic amines is 1. The second-order valence-corrected chi connectivity index (χ2v) is 10.6. The van der Waals surface area contributed by atoms with E-state index in [1.165, 1.54) is 0 Å². The van der Waals surface area contributed by atoms with Crippen molar-refractivity contribution in [1.82, 2.24) is 25.1 Å². The first kappa shape index (κ1) is 27.2.